The number of piperidine rings is 1. The van der Waals surface area contributed by atoms with Crippen LogP contribution in [0.4, 0.5) is 5.69 Å². The van der Waals surface area contributed by atoms with Crippen LogP contribution in [0, 0.1) is 5.92 Å². The molecule has 0 spiro atoms. The van der Waals surface area contributed by atoms with E-state index in [4.69, 9.17) is 0 Å². The lowest BCUT2D eigenvalue weighted by molar-refractivity contribution is -0.130. The zero-order valence-electron chi connectivity index (χ0n) is 10.8. The van der Waals surface area contributed by atoms with Gasteiger partial charge in [-0.3, -0.25) is 14.5 Å². The second-order valence-electron chi connectivity index (χ2n) is 4.83. The molecule has 4 nitrogen and oxygen atoms in total. The molecule has 18 heavy (non-hydrogen) atoms. The van der Waals surface area contributed by atoms with Gasteiger partial charge in [-0.2, -0.15) is 0 Å². The summed E-state index contributed by atoms with van der Waals surface area (Å²) in [7, 11) is 1.88. The number of amides is 2. The number of benzene rings is 1. The molecule has 0 atom stereocenters. The number of imide groups is 1. The molecule has 0 bridgehead atoms. The number of carbonyl (C=O) groups is 2. The van der Waals surface area contributed by atoms with Gasteiger partial charge in [-0.15, -0.1) is 0 Å². The van der Waals surface area contributed by atoms with Crippen molar-refractivity contribution >= 4 is 17.5 Å². The highest BCUT2D eigenvalue weighted by Crippen LogP contribution is 2.25. The van der Waals surface area contributed by atoms with E-state index in [1.165, 1.54) is 4.90 Å². The van der Waals surface area contributed by atoms with Crippen molar-refractivity contribution in [2.24, 2.45) is 5.92 Å². The largest absolute Gasteiger partial charge is 0.316 e. The van der Waals surface area contributed by atoms with E-state index < -0.39 is 0 Å². The maximum Gasteiger partial charge on any atom is 0.234 e. The molecule has 96 valence electrons. The van der Waals surface area contributed by atoms with Crippen LogP contribution >= 0.6 is 0 Å². The van der Waals surface area contributed by atoms with Crippen LogP contribution in [0.1, 0.15) is 25.3 Å². The molecule has 1 fully saturated rings. The lowest BCUT2D eigenvalue weighted by Crippen LogP contribution is -2.42. The van der Waals surface area contributed by atoms with E-state index in [0.29, 0.717) is 18.5 Å². The highest BCUT2D eigenvalue weighted by molar-refractivity contribution is 6.16. The number of nitrogens with one attached hydrogen (secondary N) is 1. The number of carbonyl (C=O) groups excluding carboxylic acids is 2. The van der Waals surface area contributed by atoms with Gasteiger partial charge >= 0.3 is 0 Å². The molecule has 1 aromatic rings. The van der Waals surface area contributed by atoms with Gasteiger partial charge in [0.2, 0.25) is 11.8 Å². The first-order valence-corrected chi connectivity index (χ1v) is 6.21. The summed E-state index contributed by atoms with van der Waals surface area (Å²) in [5, 5.41) is 3.06. The molecule has 1 aliphatic rings. The van der Waals surface area contributed by atoms with Gasteiger partial charge in [-0.25, -0.2) is 0 Å². The molecular weight excluding hydrogens is 228 g/mol. The van der Waals surface area contributed by atoms with E-state index >= 15 is 0 Å². The molecular formula is C14H18N2O2. The van der Waals surface area contributed by atoms with E-state index in [2.05, 4.69) is 5.32 Å². The molecule has 0 aliphatic carbocycles. The van der Waals surface area contributed by atoms with Crippen molar-refractivity contribution in [2.75, 3.05) is 11.9 Å². The van der Waals surface area contributed by atoms with Gasteiger partial charge in [0.25, 0.3) is 0 Å². The van der Waals surface area contributed by atoms with Crippen molar-refractivity contribution in [3.63, 3.8) is 0 Å². The van der Waals surface area contributed by atoms with E-state index in [9.17, 15) is 9.59 Å². The summed E-state index contributed by atoms with van der Waals surface area (Å²) in [5.41, 5.74) is 1.81. The zero-order valence-corrected chi connectivity index (χ0v) is 10.8. The summed E-state index contributed by atoms with van der Waals surface area (Å²) in [4.78, 5) is 25.1. The lowest BCUT2D eigenvalue weighted by Gasteiger charge is -2.28. The highest BCUT2D eigenvalue weighted by atomic mass is 16.2. The van der Waals surface area contributed by atoms with Crippen LogP contribution in [0.15, 0.2) is 24.3 Å². The Labute approximate surface area is 107 Å². The first-order chi connectivity index (χ1) is 8.61. The summed E-state index contributed by atoms with van der Waals surface area (Å²) in [6.45, 7) is 2.71. The zero-order chi connectivity index (χ0) is 13.1. The Balaban J connectivity index is 2.20. The highest BCUT2D eigenvalue weighted by Gasteiger charge is 2.31. The molecule has 1 N–H and O–H groups in total. The van der Waals surface area contributed by atoms with E-state index in [-0.39, 0.29) is 17.7 Å². The molecule has 0 saturated carbocycles. The van der Waals surface area contributed by atoms with E-state index in [1.54, 1.807) is 0 Å². The van der Waals surface area contributed by atoms with Crippen molar-refractivity contribution in [1.82, 2.24) is 5.32 Å². The average molecular weight is 246 g/mol. The molecule has 1 saturated heterocycles. The Bertz CT molecular complexity index is 435. The second-order valence-corrected chi connectivity index (χ2v) is 4.83. The van der Waals surface area contributed by atoms with Crippen molar-refractivity contribution in [1.29, 1.82) is 0 Å². The number of rotatable bonds is 3. The molecule has 2 amide bonds. The minimum absolute atomic E-state index is 0.0971. The van der Waals surface area contributed by atoms with Crippen LogP contribution in [0.25, 0.3) is 0 Å². The van der Waals surface area contributed by atoms with Crippen LogP contribution in [0.3, 0.4) is 0 Å². The standard InChI is InChI=1S/C14H18N2O2/c1-10-7-13(17)16(14(18)8-10)12-5-3-11(4-6-12)9-15-2/h3-6,10,15H,7-9H2,1-2H3. The summed E-state index contributed by atoms with van der Waals surface area (Å²) in [5.74, 6) is -0.0370. The van der Waals surface area contributed by atoms with Crippen LogP contribution < -0.4 is 10.2 Å². The maximum atomic E-state index is 11.9. The Morgan fingerprint density at radius 3 is 2.22 bits per heavy atom. The topological polar surface area (TPSA) is 49.4 Å². The third kappa shape index (κ3) is 2.59. The Kier molecular flexibility index (Phi) is 3.77. The second kappa shape index (κ2) is 5.31. The third-order valence-corrected chi connectivity index (χ3v) is 3.12. The summed E-state index contributed by atoms with van der Waals surface area (Å²) < 4.78 is 0. The maximum absolute atomic E-state index is 11.9. The molecule has 0 aromatic heterocycles. The fourth-order valence-corrected chi connectivity index (χ4v) is 2.24. The molecule has 2 rings (SSSR count). The molecule has 0 unspecified atom stereocenters. The predicted octanol–water partition coefficient (Wildman–Crippen LogP) is 1.70. The Morgan fingerprint density at radius 1 is 1.17 bits per heavy atom. The minimum atomic E-state index is -0.0971. The smallest absolute Gasteiger partial charge is 0.234 e. The minimum Gasteiger partial charge on any atom is -0.316 e. The quantitative estimate of drug-likeness (QED) is 0.826. The summed E-state index contributed by atoms with van der Waals surface area (Å²) in [6, 6.07) is 7.53. The number of hydrogen-bond acceptors (Lipinski definition) is 3. The van der Waals surface area contributed by atoms with Crippen molar-refractivity contribution in [2.45, 2.75) is 26.3 Å². The summed E-state index contributed by atoms with van der Waals surface area (Å²) in [6.07, 6.45) is 0.897. The third-order valence-electron chi connectivity index (χ3n) is 3.12. The first-order valence-electron chi connectivity index (χ1n) is 6.21. The van der Waals surface area contributed by atoms with Crippen LogP contribution in [0.5, 0.6) is 0 Å². The van der Waals surface area contributed by atoms with Gasteiger partial charge in [-0.05, 0) is 30.7 Å². The van der Waals surface area contributed by atoms with Gasteiger partial charge in [0.15, 0.2) is 0 Å². The predicted molar refractivity (Wildman–Crippen MR) is 70.1 cm³/mol. The van der Waals surface area contributed by atoms with Crippen LogP contribution in [0.2, 0.25) is 0 Å². The SMILES string of the molecule is CNCc1ccc(N2C(=O)CC(C)CC2=O)cc1. The van der Waals surface area contributed by atoms with E-state index in [1.807, 2.05) is 38.2 Å². The fourth-order valence-electron chi connectivity index (χ4n) is 2.24. The van der Waals surface area contributed by atoms with Crippen molar-refractivity contribution in [3.8, 4) is 0 Å². The Hall–Kier alpha value is -1.68. The molecule has 1 aliphatic heterocycles. The monoisotopic (exact) mass is 246 g/mol. The molecule has 1 aromatic carbocycles. The lowest BCUT2D eigenvalue weighted by atomic mass is 9.97. The normalized spacial score (nSPS) is 17.3. The summed E-state index contributed by atoms with van der Waals surface area (Å²) >= 11 is 0. The van der Waals surface area contributed by atoms with Gasteiger partial charge in [0.05, 0.1) is 5.69 Å². The molecule has 0 radical (unpaired) electrons. The van der Waals surface area contributed by atoms with Gasteiger partial charge in [-0.1, -0.05) is 19.1 Å². The number of anilines is 1. The van der Waals surface area contributed by atoms with Crippen LogP contribution in [-0.2, 0) is 16.1 Å². The first kappa shape index (κ1) is 12.8. The van der Waals surface area contributed by atoms with Crippen molar-refractivity contribution in [3.05, 3.63) is 29.8 Å². The van der Waals surface area contributed by atoms with Gasteiger partial charge in [0.1, 0.15) is 0 Å². The van der Waals surface area contributed by atoms with Crippen molar-refractivity contribution < 1.29 is 9.59 Å². The number of nitrogens with zero attached hydrogens (tertiary/aromatic N) is 1. The molecule has 1 heterocycles. The Morgan fingerprint density at radius 2 is 1.72 bits per heavy atom. The molecule has 4 heteroatoms. The average Bonchev–Trinajstić information content (AvgIpc) is 2.30. The van der Waals surface area contributed by atoms with Gasteiger partial charge < -0.3 is 5.32 Å². The van der Waals surface area contributed by atoms with Gasteiger partial charge in [0, 0.05) is 19.4 Å². The van der Waals surface area contributed by atoms with Crippen LogP contribution in [-0.4, -0.2) is 18.9 Å². The fraction of sp³-hybridized carbons (Fsp3) is 0.429. The number of hydrogen-bond donors (Lipinski definition) is 1. The van der Waals surface area contributed by atoms with E-state index in [0.717, 1.165) is 12.1 Å².